The van der Waals surface area contributed by atoms with Crippen LogP contribution in [0, 0.1) is 11.8 Å². The van der Waals surface area contributed by atoms with Gasteiger partial charge in [-0.15, -0.1) is 0 Å². The highest BCUT2D eigenvalue weighted by Gasteiger charge is 2.36. The molecule has 9 heteroatoms. The molecular formula is C24H44N2O7. The fourth-order valence-electron chi connectivity index (χ4n) is 3.95. The van der Waals surface area contributed by atoms with Crippen LogP contribution in [0.4, 0.5) is 0 Å². The highest BCUT2D eigenvalue weighted by molar-refractivity contribution is 5.86. The minimum Gasteiger partial charge on any atom is -0.481 e. The van der Waals surface area contributed by atoms with Gasteiger partial charge in [-0.2, -0.15) is 0 Å². The first-order valence-electron chi connectivity index (χ1n) is 12.1. The fourth-order valence-corrected chi connectivity index (χ4v) is 3.95. The van der Waals surface area contributed by atoms with Crippen LogP contribution < -0.4 is 5.32 Å². The third kappa shape index (κ3) is 10.5. The highest BCUT2D eigenvalue weighted by atomic mass is 16.5. The van der Waals surface area contributed by atoms with Gasteiger partial charge in [0.1, 0.15) is 12.1 Å². The van der Waals surface area contributed by atoms with Crippen LogP contribution in [-0.2, 0) is 28.7 Å². The Morgan fingerprint density at radius 1 is 0.879 bits per heavy atom. The zero-order valence-corrected chi connectivity index (χ0v) is 21.2. The van der Waals surface area contributed by atoms with Crippen molar-refractivity contribution < 1.29 is 33.8 Å². The first-order chi connectivity index (χ1) is 15.7. The Balaban J connectivity index is 0.000000511. The molecule has 2 saturated heterocycles. The van der Waals surface area contributed by atoms with Crippen LogP contribution in [0.1, 0.15) is 79.1 Å². The Kier molecular flexibility index (Phi) is 16.2. The molecule has 0 bridgehead atoms. The zero-order chi connectivity index (χ0) is 25.4. The molecule has 2 aliphatic rings. The molecule has 0 radical (unpaired) electrons. The lowest BCUT2D eigenvalue weighted by Gasteiger charge is -2.26. The Hall–Kier alpha value is -2.16. The lowest BCUT2D eigenvalue weighted by Crippen LogP contribution is -2.43. The summed E-state index contributed by atoms with van der Waals surface area (Å²) in [6.07, 6.45) is 6.79. The third-order valence-corrected chi connectivity index (χ3v) is 6.22. The summed E-state index contributed by atoms with van der Waals surface area (Å²) in [7, 11) is 2.79. The topological polar surface area (TPSA) is 122 Å². The van der Waals surface area contributed by atoms with Crippen molar-refractivity contribution in [3.63, 3.8) is 0 Å². The van der Waals surface area contributed by atoms with E-state index < -0.39 is 5.97 Å². The van der Waals surface area contributed by atoms with E-state index in [4.69, 9.17) is 9.84 Å². The quantitative estimate of drug-likeness (QED) is 0.517. The van der Waals surface area contributed by atoms with E-state index in [1.165, 1.54) is 14.2 Å². The van der Waals surface area contributed by atoms with Crippen molar-refractivity contribution >= 4 is 23.8 Å². The summed E-state index contributed by atoms with van der Waals surface area (Å²) in [6, 6.07) is -0.381. The number of methoxy groups -OCH3 is 2. The summed E-state index contributed by atoms with van der Waals surface area (Å²) in [5.41, 5.74) is 0. The van der Waals surface area contributed by atoms with Crippen LogP contribution in [0.3, 0.4) is 0 Å². The van der Waals surface area contributed by atoms with Crippen molar-refractivity contribution in [2.24, 2.45) is 11.8 Å². The van der Waals surface area contributed by atoms with E-state index in [1.54, 1.807) is 4.90 Å². The number of carboxylic acid groups (broad SMARTS) is 1. The summed E-state index contributed by atoms with van der Waals surface area (Å²) in [5, 5.41) is 11.4. The second-order valence-electron chi connectivity index (χ2n) is 8.25. The number of hydrogen-bond donors (Lipinski definition) is 2. The van der Waals surface area contributed by atoms with Gasteiger partial charge in [0.15, 0.2) is 0 Å². The Bertz CT molecular complexity index is 598. The van der Waals surface area contributed by atoms with Crippen molar-refractivity contribution in [3.8, 4) is 0 Å². The number of nitrogens with zero attached hydrogens (tertiary/aromatic N) is 1. The second-order valence-corrected chi connectivity index (χ2v) is 8.25. The van der Waals surface area contributed by atoms with Gasteiger partial charge < -0.3 is 24.8 Å². The molecule has 33 heavy (non-hydrogen) atoms. The van der Waals surface area contributed by atoms with Gasteiger partial charge in [-0.05, 0) is 57.9 Å². The van der Waals surface area contributed by atoms with Gasteiger partial charge in [0.05, 0.1) is 20.1 Å². The van der Waals surface area contributed by atoms with E-state index in [0.29, 0.717) is 6.54 Å². The van der Waals surface area contributed by atoms with Crippen LogP contribution in [-0.4, -0.2) is 73.2 Å². The number of ether oxygens (including phenoxy) is 2. The Labute approximate surface area is 198 Å². The minimum atomic E-state index is -0.671. The number of carbonyl (C=O) groups excluding carboxylic acids is 3. The molecule has 0 spiro atoms. The molecule has 2 N–H and O–H groups in total. The number of carboxylic acids is 1. The van der Waals surface area contributed by atoms with Gasteiger partial charge in [-0.3, -0.25) is 14.4 Å². The molecule has 9 nitrogen and oxygen atoms in total. The summed E-state index contributed by atoms with van der Waals surface area (Å²) >= 11 is 0. The van der Waals surface area contributed by atoms with Crippen LogP contribution in [0.5, 0.6) is 0 Å². The highest BCUT2D eigenvalue weighted by Crippen LogP contribution is 2.23. The fraction of sp³-hybridized carbons (Fsp3) is 0.833. The summed E-state index contributed by atoms with van der Waals surface area (Å²) < 4.78 is 9.26. The van der Waals surface area contributed by atoms with Gasteiger partial charge in [0.25, 0.3) is 0 Å². The Morgan fingerprint density at radius 3 is 1.79 bits per heavy atom. The molecule has 0 aromatic rings. The number of nitrogens with one attached hydrogen (secondary N) is 1. The van der Waals surface area contributed by atoms with Gasteiger partial charge in [-0.1, -0.05) is 27.7 Å². The molecule has 192 valence electrons. The Morgan fingerprint density at radius 2 is 1.42 bits per heavy atom. The predicted octanol–water partition coefficient (Wildman–Crippen LogP) is 3.01. The normalized spacial score (nSPS) is 19.3. The molecule has 2 heterocycles. The monoisotopic (exact) mass is 472 g/mol. The van der Waals surface area contributed by atoms with Crippen LogP contribution in [0.25, 0.3) is 0 Å². The van der Waals surface area contributed by atoms with Crippen molar-refractivity contribution in [2.75, 3.05) is 27.3 Å². The average molecular weight is 473 g/mol. The molecule has 2 atom stereocenters. The number of rotatable bonds is 8. The van der Waals surface area contributed by atoms with E-state index in [-0.39, 0.29) is 41.8 Å². The largest absolute Gasteiger partial charge is 0.481 e. The first kappa shape index (κ1) is 30.8. The van der Waals surface area contributed by atoms with E-state index in [1.807, 2.05) is 27.7 Å². The molecule has 1 amide bonds. The van der Waals surface area contributed by atoms with Gasteiger partial charge in [0.2, 0.25) is 5.91 Å². The van der Waals surface area contributed by atoms with Gasteiger partial charge in [0, 0.05) is 12.5 Å². The molecule has 2 rings (SSSR count). The minimum absolute atomic E-state index is 0.0324. The number of aliphatic carboxylic acids is 1. The van der Waals surface area contributed by atoms with Gasteiger partial charge >= 0.3 is 17.9 Å². The van der Waals surface area contributed by atoms with Crippen molar-refractivity contribution in [3.05, 3.63) is 0 Å². The first-order valence-corrected chi connectivity index (χ1v) is 12.1. The zero-order valence-electron chi connectivity index (χ0n) is 21.2. The smallest absolute Gasteiger partial charge is 0.328 e. The SMILES string of the molecule is CCC(CC)C(=O)N1CCC[C@H]1C(=O)OC.CCC(CC)C(=O)O.COC(=O)[C@@H]1CCCN1. The van der Waals surface area contributed by atoms with Crippen molar-refractivity contribution in [1.29, 1.82) is 0 Å². The van der Waals surface area contributed by atoms with E-state index in [0.717, 1.165) is 57.9 Å². The van der Waals surface area contributed by atoms with Crippen molar-refractivity contribution in [2.45, 2.75) is 91.1 Å². The summed E-state index contributed by atoms with van der Waals surface area (Å²) in [5.74, 6) is -1.06. The molecular weight excluding hydrogens is 428 g/mol. The molecule has 0 saturated carbocycles. The lowest BCUT2D eigenvalue weighted by molar-refractivity contribution is -0.152. The lowest BCUT2D eigenvalue weighted by atomic mass is 10.0. The maximum Gasteiger partial charge on any atom is 0.328 e. The number of esters is 2. The molecule has 0 aromatic heterocycles. The number of likely N-dealkylation sites (tertiary alicyclic amines) is 1. The molecule has 0 aliphatic carbocycles. The van der Waals surface area contributed by atoms with Crippen LogP contribution in [0.15, 0.2) is 0 Å². The average Bonchev–Trinajstić information content (AvgIpc) is 3.52. The predicted molar refractivity (Wildman–Crippen MR) is 126 cm³/mol. The van der Waals surface area contributed by atoms with E-state index in [2.05, 4.69) is 10.1 Å². The maximum absolute atomic E-state index is 12.2. The molecule has 0 aromatic carbocycles. The molecule has 2 aliphatic heterocycles. The molecule has 2 fully saturated rings. The number of carbonyl (C=O) groups is 4. The number of amides is 1. The number of hydrogen-bond acceptors (Lipinski definition) is 7. The summed E-state index contributed by atoms with van der Waals surface area (Å²) in [4.78, 5) is 46.3. The van der Waals surface area contributed by atoms with Crippen LogP contribution in [0.2, 0.25) is 0 Å². The second kappa shape index (κ2) is 17.3. The standard InChI is InChI=1S/C12H21NO3.C6H11NO2.C6H12O2/c1-4-9(5-2)11(14)13-8-6-7-10(13)12(15)16-3;1-9-6(8)5-3-2-4-7-5;1-3-5(4-2)6(7)8/h9-10H,4-8H2,1-3H3;5,7H,2-4H2,1H3;5H,3-4H2,1-2H3,(H,7,8)/t10-;5-;/m00./s1. The van der Waals surface area contributed by atoms with Crippen molar-refractivity contribution in [1.82, 2.24) is 10.2 Å². The summed E-state index contributed by atoms with van der Waals surface area (Å²) in [6.45, 7) is 9.43. The molecule has 0 unspecified atom stereocenters. The van der Waals surface area contributed by atoms with Gasteiger partial charge in [-0.25, -0.2) is 4.79 Å². The van der Waals surface area contributed by atoms with E-state index >= 15 is 0 Å². The maximum atomic E-state index is 12.2. The van der Waals surface area contributed by atoms with Crippen LogP contribution >= 0.6 is 0 Å². The van der Waals surface area contributed by atoms with E-state index in [9.17, 15) is 19.2 Å². The third-order valence-electron chi connectivity index (χ3n) is 6.22.